The number of amides is 1. The second-order valence-corrected chi connectivity index (χ2v) is 18.3. The van der Waals surface area contributed by atoms with Crippen LogP contribution in [-0.2, 0) is 14.3 Å². The molecule has 0 spiro atoms. The molecule has 9 nitrogen and oxygen atoms in total. The van der Waals surface area contributed by atoms with E-state index < -0.39 is 49.5 Å². The van der Waals surface area contributed by atoms with Gasteiger partial charge >= 0.3 is 0 Å². The Morgan fingerprint density at radius 2 is 0.875 bits per heavy atom. The van der Waals surface area contributed by atoms with Gasteiger partial charge in [-0.1, -0.05) is 204 Å². The van der Waals surface area contributed by atoms with Gasteiger partial charge in [-0.15, -0.1) is 0 Å². The van der Waals surface area contributed by atoms with Crippen LogP contribution < -0.4 is 5.32 Å². The highest BCUT2D eigenvalue weighted by Crippen LogP contribution is 2.22. The first-order valence-electron chi connectivity index (χ1n) is 27.7. The van der Waals surface area contributed by atoms with Crippen molar-refractivity contribution in [1.29, 1.82) is 0 Å². The number of aliphatic hydroxyl groups is 5. The highest BCUT2D eigenvalue weighted by atomic mass is 16.7. The number of carbonyl (C=O) groups excluding carboxylic acids is 1. The van der Waals surface area contributed by atoms with Gasteiger partial charge in [-0.3, -0.25) is 4.79 Å². The molecular weight excluding hydrogens is 899 g/mol. The van der Waals surface area contributed by atoms with Gasteiger partial charge in [0.05, 0.1) is 25.4 Å². The zero-order chi connectivity index (χ0) is 52.2. The number of hydrogen-bond donors (Lipinski definition) is 6. The fourth-order valence-corrected chi connectivity index (χ4v) is 7.45. The highest BCUT2D eigenvalue weighted by Gasteiger charge is 2.44. The lowest BCUT2D eigenvalue weighted by Gasteiger charge is -2.40. The van der Waals surface area contributed by atoms with Gasteiger partial charge < -0.3 is 40.3 Å². The Kier molecular flexibility index (Phi) is 46.0. The van der Waals surface area contributed by atoms with Gasteiger partial charge in [0.1, 0.15) is 24.4 Å². The second-order valence-electron chi connectivity index (χ2n) is 18.3. The fourth-order valence-electron chi connectivity index (χ4n) is 7.45. The van der Waals surface area contributed by atoms with Crippen molar-refractivity contribution in [3.63, 3.8) is 0 Å². The monoisotopic (exact) mass is 998 g/mol. The maximum Gasteiger partial charge on any atom is 0.220 e. The summed E-state index contributed by atoms with van der Waals surface area (Å²) in [4.78, 5) is 13.0. The summed E-state index contributed by atoms with van der Waals surface area (Å²) in [5, 5.41) is 54.3. The van der Waals surface area contributed by atoms with Crippen LogP contribution in [0.15, 0.2) is 158 Å². The summed E-state index contributed by atoms with van der Waals surface area (Å²) in [6, 6.07) is -0.864. The van der Waals surface area contributed by atoms with Gasteiger partial charge in [-0.05, 0) is 122 Å². The van der Waals surface area contributed by atoms with Gasteiger partial charge in [0, 0.05) is 6.42 Å². The van der Waals surface area contributed by atoms with Crippen molar-refractivity contribution in [2.75, 3.05) is 13.2 Å². The molecule has 0 radical (unpaired) electrons. The largest absolute Gasteiger partial charge is 0.394 e. The molecule has 1 aliphatic rings. The third kappa shape index (κ3) is 39.4. The Bertz CT molecular complexity index is 1680. The van der Waals surface area contributed by atoms with Crippen LogP contribution in [0.4, 0.5) is 0 Å². The van der Waals surface area contributed by atoms with Crippen molar-refractivity contribution in [3.8, 4) is 0 Å². The third-order valence-electron chi connectivity index (χ3n) is 11.8. The quantitative estimate of drug-likeness (QED) is 0.0261. The van der Waals surface area contributed by atoms with E-state index in [2.05, 4.69) is 165 Å². The summed E-state index contributed by atoms with van der Waals surface area (Å²) >= 11 is 0. The summed E-state index contributed by atoms with van der Waals surface area (Å²) in [5.74, 6) is -0.242. The summed E-state index contributed by atoms with van der Waals surface area (Å²) in [6.07, 6.45) is 73.0. The summed E-state index contributed by atoms with van der Waals surface area (Å²) in [7, 11) is 0. The van der Waals surface area contributed by atoms with E-state index in [0.717, 1.165) is 103 Å². The molecular formula is C63H99NO8. The van der Waals surface area contributed by atoms with Crippen LogP contribution >= 0.6 is 0 Å². The second kappa shape index (κ2) is 50.3. The van der Waals surface area contributed by atoms with Crippen LogP contribution in [-0.4, -0.2) is 87.5 Å². The van der Waals surface area contributed by atoms with E-state index in [-0.39, 0.29) is 18.9 Å². The van der Waals surface area contributed by atoms with Crippen molar-refractivity contribution in [2.24, 2.45) is 0 Å². The minimum absolute atomic E-state index is 0.235. The first kappa shape index (κ1) is 65.8. The summed E-state index contributed by atoms with van der Waals surface area (Å²) in [6.45, 7) is 3.58. The smallest absolute Gasteiger partial charge is 0.220 e. The standard InChI is InChI=1S/C63H99NO8/c1-3-5-7-9-11-13-15-17-19-21-22-23-24-25-26-27-28-29-30-31-32-33-34-35-36-37-39-41-43-45-47-49-51-53-59(67)64-56(55-71-63-62(70)61(69)60(68)58(54-65)72-63)57(66)52-50-48-46-44-42-40-38-20-18-16-14-12-10-8-6-4-2/h5,7,11,13,17-20,22-23,25-26,28-29,31-32,34-35,37,39,42-45,50,52,56-58,60-63,65-66,68-70H,3-4,6,8-10,12,14-16,21,24,27,30,33,36,38,40-41,46-49,51,53-55H2,1-2H3,(H,64,67)/b7-5-,13-11-,19-17-,20-18+,23-22-,26-25-,29-28-,32-31-,35-34-,39-37-,44-42+,45-43-,52-50+. The van der Waals surface area contributed by atoms with Crippen molar-refractivity contribution in [1.82, 2.24) is 5.32 Å². The minimum atomic E-state index is -1.59. The zero-order valence-corrected chi connectivity index (χ0v) is 44.6. The number of rotatable bonds is 44. The van der Waals surface area contributed by atoms with Crippen LogP contribution in [0.5, 0.6) is 0 Å². The maximum atomic E-state index is 13.0. The number of unbranched alkanes of at least 4 members (excludes halogenated alkanes) is 10. The normalized spacial score (nSPS) is 20.5. The van der Waals surface area contributed by atoms with Crippen LogP contribution in [0.3, 0.4) is 0 Å². The molecule has 72 heavy (non-hydrogen) atoms. The van der Waals surface area contributed by atoms with E-state index in [1.165, 1.54) is 38.5 Å². The molecule has 1 saturated heterocycles. The van der Waals surface area contributed by atoms with Crippen molar-refractivity contribution < 1.29 is 39.8 Å². The molecule has 404 valence electrons. The Hall–Kier alpha value is -4.19. The fraction of sp³-hybridized carbons (Fsp3) is 0.571. The third-order valence-corrected chi connectivity index (χ3v) is 11.8. The first-order valence-corrected chi connectivity index (χ1v) is 27.7. The van der Waals surface area contributed by atoms with Crippen LogP contribution in [0.2, 0.25) is 0 Å². The molecule has 0 aromatic rings. The molecule has 1 fully saturated rings. The molecule has 0 aliphatic carbocycles. The van der Waals surface area contributed by atoms with Crippen LogP contribution in [0, 0.1) is 0 Å². The molecule has 0 aromatic carbocycles. The number of hydrogen-bond acceptors (Lipinski definition) is 8. The maximum absolute atomic E-state index is 13.0. The average molecular weight is 998 g/mol. The van der Waals surface area contributed by atoms with E-state index >= 15 is 0 Å². The van der Waals surface area contributed by atoms with Gasteiger partial charge in [0.2, 0.25) is 5.91 Å². The molecule has 0 saturated carbocycles. The number of ether oxygens (including phenoxy) is 2. The lowest BCUT2D eigenvalue weighted by molar-refractivity contribution is -0.302. The minimum Gasteiger partial charge on any atom is -0.394 e. The lowest BCUT2D eigenvalue weighted by atomic mass is 9.99. The summed E-state index contributed by atoms with van der Waals surface area (Å²) in [5.41, 5.74) is 0. The van der Waals surface area contributed by atoms with Gasteiger partial charge in [-0.2, -0.15) is 0 Å². The predicted molar refractivity (Wildman–Crippen MR) is 303 cm³/mol. The topological polar surface area (TPSA) is 149 Å². The number of aliphatic hydroxyl groups excluding tert-OH is 5. The molecule has 6 N–H and O–H groups in total. The number of carbonyl (C=O) groups is 1. The van der Waals surface area contributed by atoms with E-state index in [0.29, 0.717) is 12.8 Å². The SMILES string of the molecule is CC/C=C\C/C=C\C/C=C\C/C=C\C/C=C\C/C=C\C/C=C\C/C=C\C/C=C\C/C=C\CCCCC(=O)NC(COC1OC(CO)C(O)C(O)C1O)C(O)/C=C/CC/C=C/CC/C=C/CCCCCCCC. The lowest BCUT2D eigenvalue weighted by Crippen LogP contribution is -2.60. The Morgan fingerprint density at radius 3 is 1.33 bits per heavy atom. The molecule has 7 atom stereocenters. The molecule has 1 aliphatic heterocycles. The zero-order valence-electron chi connectivity index (χ0n) is 44.6. The van der Waals surface area contributed by atoms with E-state index in [1.807, 2.05) is 6.08 Å². The number of allylic oxidation sites excluding steroid dienone is 25. The molecule has 1 rings (SSSR count). The highest BCUT2D eigenvalue weighted by molar-refractivity contribution is 5.76. The van der Waals surface area contributed by atoms with Crippen molar-refractivity contribution >= 4 is 5.91 Å². The number of nitrogens with one attached hydrogen (secondary N) is 1. The molecule has 1 heterocycles. The molecule has 7 unspecified atom stereocenters. The van der Waals surface area contributed by atoms with E-state index in [4.69, 9.17) is 9.47 Å². The Balaban J connectivity index is 2.32. The van der Waals surface area contributed by atoms with Crippen LogP contribution in [0.25, 0.3) is 0 Å². The molecule has 1 amide bonds. The molecule has 0 aromatic heterocycles. The van der Waals surface area contributed by atoms with Gasteiger partial charge in [-0.25, -0.2) is 0 Å². The van der Waals surface area contributed by atoms with E-state index in [1.54, 1.807) is 6.08 Å². The van der Waals surface area contributed by atoms with Crippen molar-refractivity contribution in [2.45, 2.75) is 217 Å². The van der Waals surface area contributed by atoms with E-state index in [9.17, 15) is 30.3 Å². The molecule has 0 bridgehead atoms. The first-order chi connectivity index (χ1) is 35.3. The van der Waals surface area contributed by atoms with Crippen LogP contribution in [0.1, 0.15) is 174 Å². The predicted octanol–water partition coefficient (Wildman–Crippen LogP) is 13.7. The Morgan fingerprint density at radius 1 is 0.486 bits per heavy atom. The Labute approximate surface area is 437 Å². The van der Waals surface area contributed by atoms with Crippen molar-refractivity contribution in [3.05, 3.63) is 158 Å². The van der Waals surface area contributed by atoms with Gasteiger partial charge in [0.15, 0.2) is 6.29 Å². The van der Waals surface area contributed by atoms with Gasteiger partial charge in [0.25, 0.3) is 0 Å². The summed E-state index contributed by atoms with van der Waals surface area (Å²) < 4.78 is 11.2. The average Bonchev–Trinajstić information content (AvgIpc) is 3.38. The molecule has 9 heteroatoms.